The van der Waals surface area contributed by atoms with Gasteiger partial charge in [0.15, 0.2) is 0 Å². The second-order valence-corrected chi connectivity index (χ2v) is 3.62. The number of aromatic carboxylic acids is 1. The van der Waals surface area contributed by atoms with Crippen molar-refractivity contribution < 1.29 is 23.8 Å². The highest BCUT2D eigenvalue weighted by Crippen LogP contribution is 2.17. The lowest BCUT2D eigenvalue weighted by molar-refractivity contribution is 0.00384. The Morgan fingerprint density at radius 2 is 2.12 bits per heavy atom. The number of rotatable bonds is 5. The minimum absolute atomic E-state index is 0.127. The van der Waals surface area contributed by atoms with Gasteiger partial charge in [0.05, 0.1) is 5.56 Å². The van der Waals surface area contributed by atoms with Crippen molar-refractivity contribution in [2.75, 3.05) is 11.9 Å². The monoisotopic (exact) mass is 245 g/mol. The molecule has 0 aliphatic rings. The van der Waals surface area contributed by atoms with Gasteiger partial charge >= 0.3 is 5.97 Å². The van der Waals surface area contributed by atoms with Crippen LogP contribution in [0.1, 0.15) is 15.9 Å². The van der Waals surface area contributed by atoms with Crippen LogP contribution in [0.5, 0.6) is 0 Å². The third kappa shape index (κ3) is 3.67. The molecule has 0 amide bonds. The molecule has 94 valence electrons. The van der Waals surface area contributed by atoms with Gasteiger partial charge in [0, 0.05) is 12.2 Å². The van der Waals surface area contributed by atoms with Gasteiger partial charge in [-0.3, -0.25) is 0 Å². The molecule has 0 radical (unpaired) electrons. The average molecular weight is 245 g/mol. The molecule has 0 bridgehead atoms. The molecule has 4 nitrogen and oxygen atoms in total. The van der Waals surface area contributed by atoms with Gasteiger partial charge in [0.2, 0.25) is 0 Å². The van der Waals surface area contributed by atoms with Crippen molar-refractivity contribution in [2.24, 2.45) is 0 Å². The minimum Gasteiger partial charge on any atom is -0.478 e. The molecule has 1 atom stereocenters. The SMILES string of the molecule is Cc1cc(C(=O)O)ccc1NCC(O)C(F)F. The highest BCUT2D eigenvalue weighted by Gasteiger charge is 2.16. The average Bonchev–Trinajstić information content (AvgIpc) is 2.26. The summed E-state index contributed by atoms with van der Waals surface area (Å²) in [5.41, 5.74) is 1.27. The number of benzene rings is 1. The van der Waals surface area contributed by atoms with Crippen LogP contribution in [-0.2, 0) is 0 Å². The first kappa shape index (κ1) is 13.4. The first-order valence-electron chi connectivity index (χ1n) is 4.96. The summed E-state index contributed by atoms with van der Waals surface area (Å²) in [4.78, 5) is 10.7. The van der Waals surface area contributed by atoms with Gasteiger partial charge in [-0.1, -0.05) is 0 Å². The highest BCUT2D eigenvalue weighted by atomic mass is 19.3. The molecule has 1 unspecified atom stereocenters. The third-order valence-corrected chi connectivity index (χ3v) is 2.27. The number of carboxylic acid groups (broad SMARTS) is 1. The lowest BCUT2D eigenvalue weighted by Gasteiger charge is -2.13. The number of carboxylic acids is 1. The number of hydrogen-bond donors (Lipinski definition) is 3. The molecular formula is C11H13F2NO3. The summed E-state index contributed by atoms with van der Waals surface area (Å²) in [6.07, 6.45) is -4.55. The van der Waals surface area contributed by atoms with Crippen LogP contribution in [0.3, 0.4) is 0 Å². The fourth-order valence-electron chi connectivity index (χ4n) is 1.30. The fraction of sp³-hybridized carbons (Fsp3) is 0.364. The second-order valence-electron chi connectivity index (χ2n) is 3.62. The van der Waals surface area contributed by atoms with Crippen LogP contribution in [0.2, 0.25) is 0 Å². The highest BCUT2D eigenvalue weighted by molar-refractivity contribution is 5.88. The molecule has 0 aliphatic heterocycles. The van der Waals surface area contributed by atoms with Crippen molar-refractivity contribution in [3.05, 3.63) is 29.3 Å². The van der Waals surface area contributed by atoms with Crippen molar-refractivity contribution in [3.63, 3.8) is 0 Å². The molecule has 1 rings (SSSR count). The Balaban J connectivity index is 2.70. The topological polar surface area (TPSA) is 69.6 Å². The van der Waals surface area contributed by atoms with Crippen LogP contribution >= 0.6 is 0 Å². The van der Waals surface area contributed by atoms with E-state index in [1.807, 2.05) is 0 Å². The van der Waals surface area contributed by atoms with E-state index in [0.717, 1.165) is 0 Å². The van der Waals surface area contributed by atoms with Crippen molar-refractivity contribution in [1.82, 2.24) is 0 Å². The predicted molar refractivity (Wildman–Crippen MR) is 58.6 cm³/mol. The van der Waals surface area contributed by atoms with Crippen LogP contribution in [0.15, 0.2) is 18.2 Å². The minimum atomic E-state index is -2.80. The molecule has 0 aromatic heterocycles. The van der Waals surface area contributed by atoms with Gasteiger partial charge in [-0.2, -0.15) is 0 Å². The van der Waals surface area contributed by atoms with Crippen LogP contribution in [0.25, 0.3) is 0 Å². The van der Waals surface area contributed by atoms with Crippen LogP contribution in [0, 0.1) is 6.92 Å². The van der Waals surface area contributed by atoms with Crippen molar-refractivity contribution in [2.45, 2.75) is 19.5 Å². The standard InChI is InChI=1S/C11H13F2NO3/c1-6-4-7(11(16)17)2-3-8(6)14-5-9(15)10(12)13/h2-4,9-10,14-15H,5H2,1H3,(H,16,17). The molecular weight excluding hydrogens is 232 g/mol. The molecule has 0 heterocycles. The van der Waals surface area contributed by atoms with E-state index in [1.54, 1.807) is 6.92 Å². The number of hydrogen-bond acceptors (Lipinski definition) is 3. The Morgan fingerprint density at radius 1 is 1.47 bits per heavy atom. The summed E-state index contributed by atoms with van der Waals surface area (Å²) in [5, 5.41) is 20.3. The molecule has 0 saturated heterocycles. The maximum atomic E-state index is 12.0. The van der Waals surface area contributed by atoms with Crippen LogP contribution in [-0.4, -0.2) is 35.3 Å². The van der Waals surface area contributed by atoms with E-state index in [4.69, 9.17) is 10.2 Å². The number of aryl methyl sites for hydroxylation is 1. The van der Waals surface area contributed by atoms with Gasteiger partial charge in [-0.25, -0.2) is 13.6 Å². The Kier molecular flexibility index (Phi) is 4.39. The second kappa shape index (κ2) is 5.58. The van der Waals surface area contributed by atoms with Gasteiger partial charge in [0.25, 0.3) is 6.43 Å². The summed E-state index contributed by atoms with van der Waals surface area (Å²) in [7, 11) is 0. The molecule has 1 aromatic carbocycles. The number of alkyl halides is 2. The van der Waals surface area contributed by atoms with E-state index >= 15 is 0 Å². The number of aliphatic hydroxyl groups excluding tert-OH is 1. The lowest BCUT2D eigenvalue weighted by Crippen LogP contribution is -2.27. The number of halogens is 2. The lowest BCUT2D eigenvalue weighted by atomic mass is 10.1. The summed E-state index contributed by atoms with van der Waals surface area (Å²) in [6.45, 7) is 1.37. The third-order valence-electron chi connectivity index (χ3n) is 2.27. The predicted octanol–water partition coefficient (Wildman–Crippen LogP) is 1.73. The molecule has 3 N–H and O–H groups in total. The fourth-order valence-corrected chi connectivity index (χ4v) is 1.30. The maximum absolute atomic E-state index is 12.0. The van der Waals surface area contributed by atoms with Crippen LogP contribution in [0.4, 0.5) is 14.5 Å². The molecule has 0 aliphatic carbocycles. The first-order valence-corrected chi connectivity index (χ1v) is 4.96. The van der Waals surface area contributed by atoms with Gasteiger partial charge < -0.3 is 15.5 Å². The molecule has 6 heteroatoms. The Labute approximate surface area is 96.9 Å². The molecule has 0 saturated carbocycles. The molecule has 0 fully saturated rings. The van der Waals surface area contributed by atoms with E-state index in [-0.39, 0.29) is 12.1 Å². The van der Waals surface area contributed by atoms with E-state index in [2.05, 4.69) is 5.32 Å². The van der Waals surface area contributed by atoms with Gasteiger partial charge in [-0.15, -0.1) is 0 Å². The van der Waals surface area contributed by atoms with Gasteiger partial charge in [0.1, 0.15) is 6.10 Å². The number of anilines is 1. The molecule has 0 spiro atoms. The number of aliphatic hydroxyl groups is 1. The summed E-state index contributed by atoms with van der Waals surface area (Å²) >= 11 is 0. The van der Waals surface area contributed by atoms with E-state index in [0.29, 0.717) is 11.3 Å². The Bertz CT molecular complexity index is 410. The summed E-state index contributed by atoms with van der Waals surface area (Å²) in [5.74, 6) is -1.05. The van der Waals surface area contributed by atoms with Crippen molar-refractivity contribution in [1.29, 1.82) is 0 Å². The van der Waals surface area contributed by atoms with E-state index < -0.39 is 18.5 Å². The van der Waals surface area contributed by atoms with Crippen molar-refractivity contribution >= 4 is 11.7 Å². The van der Waals surface area contributed by atoms with Crippen LogP contribution < -0.4 is 5.32 Å². The smallest absolute Gasteiger partial charge is 0.335 e. The summed E-state index contributed by atoms with van der Waals surface area (Å²) in [6, 6.07) is 4.28. The largest absolute Gasteiger partial charge is 0.478 e. The van der Waals surface area contributed by atoms with Gasteiger partial charge in [-0.05, 0) is 30.7 Å². The molecule has 1 aromatic rings. The maximum Gasteiger partial charge on any atom is 0.335 e. The van der Waals surface area contributed by atoms with Crippen molar-refractivity contribution in [3.8, 4) is 0 Å². The quantitative estimate of drug-likeness (QED) is 0.739. The van der Waals surface area contributed by atoms with E-state index in [9.17, 15) is 13.6 Å². The normalized spacial score (nSPS) is 12.5. The number of nitrogens with one attached hydrogen (secondary N) is 1. The zero-order valence-electron chi connectivity index (χ0n) is 9.15. The summed E-state index contributed by atoms with van der Waals surface area (Å²) < 4.78 is 24.1. The Hall–Kier alpha value is -1.69. The first-order chi connectivity index (χ1) is 7.91. The zero-order valence-corrected chi connectivity index (χ0v) is 9.15. The molecule has 17 heavy (non-hydrogen) atoms. The number of carbonyl (C=O) groups is 1. The Morgan fingerprint density at radius 3 is 2.59 bits per heavy atom. The zero-order chi connectivity index (χ0) is 13.0. The van der Waals surface area contributed by atoms with E-state index in [1.165, 1.54) is 18.2 Å².